The molecule has 0 spiro atoms. The number of aromatic hydroxyl groups is 2. The zero-order chi connectivity index (χ0) is 19.1. The van der Waals surface area contributed by atoms with Crippen LogP contribution >= 0.6 is 0 Å². The number of halogens is 3. The summed E-state index contributed by atoms with van der Waals surface area (Å²) in [5, 5.41) is 32.2. The number of carbonyl (C=O) groups is 2. The standard InChI is InChI=1S/C13H12F3N3O6/c1-18(12(23)17-5-2-3-5)11(22)8-6(13(14,15)16)4-7(20)10(21)9(8)19(24)25/h4-5,20-21H,2-3H2,1H3,(H,17,23). The molecule has 136 valence electrons. The summed E-state index contributed by atoms with van der Waals surface area (Å²) in [6.45, 7) is 0. The molecule has 25 heavy (non-hydrogen) atoms. The van der Waals surface area contributed by atoms with E-state index in [9.17, 15) is 43.1 Å². The molecule has 0 bridgehead atoms. The molecular weight excluding hydrogens is 351 g/mol. The number of nitro benzene ring substituents is 1. The van der Waals surface area contributed by atoms with Crippen LogP contribution in [0.1, 0.15) is 28.8 Å². The van der Waals surface area contributed by atoms with E-state index in [0.717, 1.165) is 7.05 Å². The van der Waals surface area contributed by atoms with Crippen molar-refractivity contribution in [2.24, 2.45) is 0 Å². The number of nitrogens with zero attached hydrogens (tertiary/aromatic N) is 2. The highest BCUT2D eigenvalue weighted by molar-refractivity contribution is 6.08. The van der Waals surface area contributed by atoms with Crippen molar-refractivity contribution in [2.75, 3.05) is 7.05 Å². The molecular formula is C13H12F3N3O6. The molecule has 1 aromatic rings. The number of benzene rings is 1. The number of amides is 3. The van der Waals surface area contributed by atoms with Crippen molar-refractivity contribution in [3.63, 3.8) is 0 Å². The van der Waals surface area contributed by atoms with Crippen LogP contribution in [0, 0.1) is 10.1 Å². The Hall–Kier alpha value is -3.05. The van der Waals surface area contributed by atoms with Crippen LogP contribution in [-0.4, -0.2) is 45.1 Å². The van der Waals surface area contributed by atoms with Crippen LogP contribution in [-0.2, 0) is 6.18 Å². The van der Waals surface area contributed by atoms with Gasteiger partial charge in [0.2, 0.25) is 5.75 Å². The van der Waals surface area contributed by atoms with Gasteiger partial charge in [0.25, 0.3) is 5.91 Å². The van der Waals surface area contributed by atoms with Crippen LogP contribution in [0.2, 0.25) is 0 Å². The van der Waals surface area contributed by atoms with E-state index in [4.69, 9.17) is 0 Å². The highest BCUT2D eigenvalue weighted by atomic mass is 19.4. The molecule has 0 aromatic heterocycles. The summed E-state index contributed by atoms with van der Waals surface area (Å²) in [7, 11) is 0.841. The minimum Gasteiger partial charge on any atom is -0.504 e. The molecule has 0 saturated heterocycles. The topological polar surface area (TPSA) is 133 Å². The number of hydrogen-bond acceptors (Lipinski definition) is 6. The first-order chi connectivity index (χ1) is 11.4. The van der Waals surface area contributed by atoms with E-state index in [1.807, 2.05) is 0 Å². The zero-order valence-corrected chi connectivity index (χ0v) is 12.6. The fraction of sp³-hybridized carbons (Fsp3) is 0.385. The molecule has 0 atom stereocenters. The van der Waals surface area contributed by atoms with Crippen molar-refractivity contribution < 1.29 is 37.9 Å². The summed E-state index contributed by atoms with van der Waals surface area (Å²) in [4.78, 5) is 34.0. The Bertz CT molecular complexity index is 760. The average molecular weight is 363 g/mol. The summed E-state index contributed by atoms with van der Waals surface area (Å²) >= 11 is 0. The maximum atomic E-state index is 13.2. The lowest BCUT2D eigenvalue weighted by atomic mass is 10.0. The van der Waals surface area contributed by atoms with Crippen molar-refractivity contribution >= 4 is 17.6 Å². The van der Waals surface area contributed by atoms with Crippen molar-refractivity contribution in [2.45, 2.75) is 25.1 Å². The Morgan fingerprint density at radius 1 is 1.36 bits per heavy atom. The zero-order valence-electron chi connectivity index (χ0n) is 12.6. The molecule has 0 aliphatic heterocycles. The van der Waals surface area contributed by atoms with Crippen molar-refractivity contribution in [3.8, 4) is 11.5 Å². The van der Waals surface area contributed by atoms with Gasteiger partial charge >= 0.3 is 17.9 Å². The minimum absolute atomic E-state index is 0.0117. The Balaban J connectivity index is 2.60. The quantitative estimate of drug-likeness (QED) is 0.427. The largest absolute Gasteiger partial charge is 0.504 e. The van der Waals surface area contributed by atoms with E-state index in [-0.39, 0.29) is 17.0 Å². The van der Waals surface area contributed by atoms with Gasteiger partial charge in [0.1, 0.15) is 5.56 Å². The van der Waals surface area contributed by atoms with E-state index in [1.165, 1.54) is 0 Å². The third-order valence-corrected chi connectivity index (χ3v) is 3.47. The monoisotopic (exact) mass is 363 g/mol. The van der Waals surface area contributed by atoms with Gasteiger partial charge in [0, 0.05) is 13.1 Å². The highest BCUT2D eigenvalue weighted by Crippen LogP contribution is 2.45. The Morgan fingerprint density at radius 3 is 2.36 bits per heavy atom. The van der Waals surface area contributed by atoms with Gasteiger partial charge in [0.15, 0.2) is 5.75 Å². The summed E-state index contributed by atoms with van der Waals surface area (Å²) in [6, 6.07) is -1.27. The fourth-order valence-electron chi connectivity index (χ4n) is 2.02. The third-order valence-electron chi connectivity index (χ3n) is 3.47. The van der Waals surface area contributed by atoms with E-state index in [0.29, 0.717) is 12.8 Å². The minimum atomic E-state index is -5.26. The first-order valence-electron chi connectivity index (χ1n) is 6.84. The smallest absolute Gasteiger partial charge is 0.417 e. The van der Waals surface area contributed by atoms with Gasteiger partial charge in [-0.05, 0) is 18.9 Å². The molecule has 0 radical (unpaired) electrons. The molecule has 0 heterocycles. The van der Waals surface area contributed by atoms with E-state index in [1.54, 1.807) is 0 Å². The van der Waals surface area contributed by atoms with Gasteiger partial charge in [-0.1, -0.05) is 0 Å². The van der Waals surface area contributed by atoms with Crippen LogP contribution in [0.15, 0.2) is 6.07 Å². The first-order valence-corrected chi connectivity index (χ1v) is 6.84. The van der Waals surface area contributed by atoms with Gasteiger partial charge in [-0.2, -0.15) is 13.2 Å². The first kappa shape index (κ1) is 18.3. The lowest BCUT2D eigenvalue weighted by Gasteiger charge is -2.19. The number of alkyl halides is 3. The second-order valence-corrected chi connectivity index (χ2v) is 5.36. The molecule has 1 fully saturated rings. The fourth-order valence-corrected chi connectivity index (χ4v) is 2.02. The second-order valence-electron chi connectivity index (χ2n) is 5.36. The van der Waals surface area contributed by atoms with Crippen molar-refractivity contribution in [3.05, 3.63) is 27.3 Å². The van der Waals surface area contributed by atoms with Gasteiger partial charge in [-0.15, -0.1) is 0 Å². The average Bonchev–Trinajstić information content (AvgIpc) is 3.30. The molecule has 1 aromatic carbocycles. The third kappa shape index (κ3) is 3.56. The van der Waals surface area contributed by atoms with Crippen LogP contribution in [0.3, 0.4) is 0 Å². The Morgan fingerprint density at radius 2 is 1.92 bits per heavy atom. The summed E-state index contributed by atoms with van der Waals surface area (Å²) < 4.78 is 39.5. The Kier molecular flexibility index (Phi) is 4.47. The van der Waals surface area contributed by atoms with Crippen LogP contribution < -0.4 is 5.32 Å². The normalized spacial score (nSPS) is 14.1. The summed E-state index contributed by atoms with van der Waals surface area (Å²) in [6.07, 6.45) is -3.97. The number of nitro groups is 1. The maximum absolute atomic E-state index is 13.2. The highest BCUT2D eigenvalue weighted by Gasteiger charge is 2.44. The number of phenolic OH excluding ortho intramolecular Hbond substituents is 2. The van der Waals surface area contributed by atoms with Gasteiger partial charge < -0.3 is 15.5 Å². The number of urea groups is 1. The van der Waals surface area contributed by atoms with E-state index >= 15 is 0 Å². The molecule has 9 nitrogen and oxygen atoms in total. The van der Waals surface area contributed by atoms with E-state index < -0.39 is 51.4 Å². The molecule has 1 saturated carbocycles. The molecule has 1 aliphatic carbocycles. The predicted molar refractivity (Wildman–Crippen MR) is 75.1 cm³/mol. The lowest BCUT2D eigenvalue weighted by Crippen LogP contribution is -2.42. The molecule has 2 rings (SSSR count). The van der Waals surface area contributed by atoms with Gasteiger partial charge in [0.05, 0.1) is 10.5 Å². The van der Waals surface area contributed by atoms with Gasteiger partial charge in [-0.25, -0.2) is 4.79 Å². The molecule has 1 aliphatic rings. The lowest BCUT2D eigenvalue weighted by molar-refractivity contribution is -0.386. The molecule has 0 unspecified atom stereocenters. The number of hydrogen-bond donors (Lipinski definition) is 3. The van der Waals surface area contributed by atoms with Crippen molar-refractivity contribution in [1.82, 2.24) is 10.2 Å². The summed E-state index contributed by atoms with van der Waals surface area (Å²) in [5.41, 5.74) is -5.02. The van der Waals surface area contributed by atoms with E-state index in [2.05, 4.69) is 5.32 Å². The van der Waals surface area contributed by atoms with Crippen LogP contribution in [0.25, 0.3) is 0 Å². The molecule has 12 heteroatoms. The maximum Gasteiger partial charge on any atom is 0.417 e. The van der Waals surface area contributed by atoms with Gasteiger partial charge in [-0.3, -0.25) is 19.8 Å². The summed E-state index contributed by atoms with van der Waals surface area (Å²) in [5.74, 6) is -4.56. The predicted octanol–water partition coefficient (Wildman–Crippen LogP) is 1.97. The SMILES string of the molecule is CN(C(=O)NC1CC1)C(=O)c1c(C(F)(F)F)cc(O)c(O)c1[N+](=O)[O-]. The number of nitrogens with one attached hydrogen (secondary N) is 1. The second kappa shape index (κ2) is 6.11. The number of imide groups is 1. The molecule has 3 N–H and O–H groups in total. The number of carbonyl (C=O) groups excluding carboxylic acids is 2. The van der Waals surface area contributed by atoms with Crippen LogP contribution in [0.4, 0.5) is 23.7 Å². The van der Waals surface area contributed by atoms with Crippen molar-refractivity contribution in [1.29, 1.82) is 0 Å². The number of rotatable bonds is 3. The molecule has 3 amide bonds. The Labute approximate surface area is 137 Å². The van der Waals surface area contributed by atoms with Crippen LogP contribution in [0.5, 0.6) is 11.5 Å². The number of phenols is 2.